The lowest BCUT2D eigenvalue weighted by molar-refractivity contribution is 0.0952. The number of carbonyl (C=O) groups excluding carboxylic acids is 1. The van der Waals surface area contributed by atoms with Crippen LogP contribution < -0.4 is 19.6 Å². The molecule has 0 aromatic heterocycles. The van der Waals surface area contributed by atoms with Gasteiger partial charge < -0.3 is 14.2 Å². The fourth-order valence-corrected chi connectivity index (χ4v) is 3.78. The summed E-state index contributed by atoms with van der Waals surface area (Å²) in [4.78, 5) is 12.7. The molecule has 0 aliphatic heterocycles. The summed E-state index contributed by atoms with van der Waals surface area (Å²) in [6.07, 6.45) is 1.58. The zero-order valence-corrected chi connectivity index (χ0v) is 19.2. The van der Waals surface area contributed by atoms with Crippen LogP contribution in [0.5, 0.6) is 17.2 Å². The molecule has 7 heteroatoms. The van der Waals surface area contributed by atoms with E-state index in [1.165, 1.54) is 0 Å². The Kier molecular flexibility index (Phi) is 7.51. The number of hydrazone groups is 1. The minimum absolute atomic E-state index is 0.348. The van der Waals surface area contributed by atoms with Gasteiger partial charge in [-0.1, -0.05) is 24.3 Å². The minimum Gasteiger partial charge on any atom is -0.496 e. The number of amides is 1. The molecule has 0 spiro atoms. The zero-order valence-electron chi connectivity index (χ0n) is 17.1. The van der Waals surface area contributed by atoms with Crippen molar-refractivity contribution in [1.82, 2.24) is 5.43 Å². The first-order valence-corrected chi connectivity index (χ1v) is 10.6. The minimum atomic E-state index is -0.348. The van der Waals surface area contributed by atoms with Crippen LogP contribution in [-0.2, 0) is 0 Å². The number of rotatable bonds is 8. The fraction of sp³-hybridized carbons (Fsp3) is 0.217. The molecule has 0 saturated heterocycles. The quantitative estimate of drug-likeness (QED) is 0.259. The third kappa shape index (κ3) is 5.02. The Morgan fingerprint density at radius 1 is 1.03 bits per heavy atom. The summed E-state index contributed by atoms with van der Waals surface area (Å²) < 4.78 is 17.7. The highest BCUT2D eigenvalue weighted by Gasteiger charge is 2.14. The van der Waals surface area contributed by atoms with Crippen LogP contribution in [0.3, 0.4) is 0 Å². The second-order valence-corrected chi connectivity index (χ2v) is 7.46. The summed E-state index contributed by atoms with van der Waals surface area (Å²) in [5, 5.41) is 6.07. The Labute approximate surface area is 189 Å². The maximum Gasteiger partial charge on any atom is 0.275 e. The van der Waals surface area contributed by atoms with E-state index in [9.17, 15) is 4.79 Å². The van der Waals surface area contributed by atoms with Crippen molar-refractivity contribution in [2.24, 2.45) is 5.10 Å². The predicted octanol–water partition coefficient (Wildman–Crippen LogP) is 5.01. The van der Waals surface area contributed by atoms with Crippen molar-refractivity contribution < 1.29 is 19.0 Å². The predicted molar refractivity (Wildman–Crippen MR) is 127 cm³/mol. The normalized spacial score (nSPS) is 10.9. The molecule has 0 unspecified atom stereocenters. The van der Waals surface area contributed by atoms with Gasteiger partial charge in [0.15, 0.2) is 11.5 Å². The summed E-state index contributed by atoms with van der Waals surface area (Å²) in [7, 11) is 1.54. The lowest BCUT2D eigenvalue weighted by Gasteiger charge is -2.13. The summed E-state index contributed by atoms with van der Waals surface area (Å²) in [6.45, 7) is 4.92. The van der Waals surface area contributed by atoms with Gasteiger partial charge in [0.25, 0.3) is 5.91 Å². The molecule has 0 radical (unpaired) electrons. The summed E-state index contributed by atoms with van der Waals surface area (Å²) in [5.41, 5.74) is 3.78. The molecule has 0 atom stereocenters. The molecule has 3 rings (SSSR count). The van der Waals surface area contributed by atoms with Crippen molar-refractivity contribution in [3.63, 3.8) is 0 Å². The second-order valence-electron chi connectivity index (χ2n) is 6.29. The van der Waals surface area contributed by atoms with Gasteiger partial charge in [0, 0.05) is 0 Å². The molecule has 0 bridgehead atoms. The van der Waals surface area contributed by atoms with Gasteiger partial charge in [0.1, 0.15) is 5.75 Å². The molecule has 0 saturated carbocycles. The maximum atomic E-state index is 12.7. The van der Waals surface area contributed by atoms with E-state index >= 15 is 0 Å². The van der Waals surface area contributed by atoms with Crippen molar-refractivity contribution in [2.45, 2.75) is 13.8 Å². The van der Waals surface area contributed by atoms with Crippen molar-refractivity contribution in [3.05, 3.63) is 63.2 Å². The molecule has 3 aromatic carbocycles. The molecule has 30 heavy (non-hydrogen) atoms. The Hall–Kier alpha value is -2.81. The van der Waals surface area contributed by atoms with Crippen molar-refractivity contribution in [2.75, 3.05) is 20.3 Å². The average Bonchev–Trinajstić information content (AvgIpc) is 2.75. The molecule has 3 aromatic rings. The molecule has 1 amide bonds. The number of hydrogen-bond acceptors (Lipinski definition) is 5. The number of nitrogens with one attached hydrogen (secondary N) is 1. The van der Waals surface area contributed by atoms with Crippen LogP contribution in [0, 0.1) is 3.57 Å². The summed E-state index contributed by atoms with van der Waals surface area (Å²) >= 11 is 2.20. The number of ether oxygens (including phenoxy) is 3. The van der Waals surface area contributed by atoms with Crippen LogP contribution in [0.1, 0.15) is 29.8 Å². The molecule has 0 fully saturated rings. The monoisotopic (exact) mass is 518 g/mol. The molecular formula is C23H23IN2O4. The lowest BCUT2D eigenvalue weighted by Crippen LogP contribution is -2.18. The smallest absolute Gasteiger partial charge is 0.275 e. The van der Waals surface area contributed by atoms with Gasteiger partial charge in [-0.3, -0.25) is 4.79 Å². The topological polar surface area (TPSA) is 69.2 Å². The number of halogens is 1. The summed E-state index contributed by atoms with van der Waals surface area (Å²) in [5.74, 6) is 1.51. The average molecular weight is 518 g/mol. The van der Waals surface area contributed by atoms with Crippen LogP contribution in [0.2, 0.25) is 0 Å². The van der Waals surface area contributed by atoms with Gasteiger partial charge in [0.05, 0.1) is 35.7 Å². The van der Waals surface area contributed by atoms with Gasteiger partial charge in [-0.15, -0.1) is 0 Å². The van der Waals surface area contributed by atoms with E-state index in [0.717, 1.165) is 19.9 Å². The largest absolute Gasteiger partial charge is 0.496 e. The Morgan fingerprint density at radius 2 is 1.73 bits per heavy atom. The third-order valence-electron chi connectivity index (χ3n) is 4.31. The maximum absolute atomic E-state index is 12.7. The van der Waals surface area contributed by atoms with Crippen LogP contribution in [0.4, 0.5) is 0 Å². The molecule has 0 aliphatic carbocycles. The van der Waals surface area contributed by atoms with E-state index in [0.29, 0.717) is 36.0 Å². The van der Waals surface area contributed by atoms with Gasteiger partial charge in [-0.25, -0.2) is 5.43 Å². The van der Waals surface area contributed by atoms with Gasteiger partial charge >= 0.3 is 0 Å². The van der Waals surface area contributed by atoms with E-state index in [1.54, 1.807) is 19.4 Å². The van der Waals surface area contributed by atoms with Crippen LogP contribution in [-0.4, -0.2) is 32.4 Å². The van der Waals surface area contributed by atoms with E-state index in [2.05, 4.69) is 33.1 Å². The van der Waals surface area contributed by atoms with E-state index in [-0.39, 0.29) is 5.91 Å². The van der Waals surface area contributed by atoms with Crippen LogP contribution in [0.15, 0.2) is 53.6 Å². The summed E-state index contributed by atoms with van der Waals surface area (Å²) in [6, 6.07) is 15.2. The second kappa shape index (κ2) is 10.3. The van der Waals surface area contributed by atoms with Crippen molar-refractivity contribution >= 4 is 45.5 Å². The third-order valence-corrected chi connectivity index (χ3v) is 5.11. The highest BCUT2D eigenvalue weighted by atomic mass is 127. The first-order chi connectivity index (χ1) is 14.6. The molecule has 1 N–H and O–H groups in total. The Bertz CT molecular complexity index is 1080. The number of nitrogens with zero attached hydrogens (tertiary/aromatic N) is 1. The van der Waals surface area contributed by atoms with Crippen molar-refractivity contribution in [1.29, 1.82) is 0 Å². The van der Waals surface area contributed by atoms with Crippen molar-refractivity contribution in [3.8, 4) is 17.2 Å². The van der Waals surface area contributed by atoms with E-state index in [1.807, 2.05) is 56.3 Å². The van der Waals surface area contributed by atoms with Crippen LogP contribution in [0.25, 0.3) is 10.8 Å². The lowest BCUT2D eigenvalue weighted by atomic mass is 10.1. The number of carbonyl (C=O) groups is 1. The SMILES string of the molecule is CCOc1cc(/C=N\NC(=O)c2cc3ccccc3cc2OC)cc(I)c1OCC. The number of benzene rings is 3. The standard InChI is InChI=1S/C23H23IN2O4/c1-4-29-21-11-15(10-19(24)22(21)30-5-2)14-25-26-23(27)18-12-16-8-6-7-9-17(16)13-20(18)28-3/h6-14H,4-5H2,1-3H3,(H,26,27)/b25-14-. The van der Waals surface area contributed by atoms with E-state index < -0.39 is 0 Å². The molecule has 0 aliphatic rings. The van der Waals surface area contributed by atoms with Gasteiger partial charge in [-0.2, -0.15) is 5.10 Å². The highest BCUT2D eigenvalue weighted by molar-refractivity contribution is 14.1. The molecule has 6 nitrogen and oxygen atoms in total. The number of hydrogen-bond donors (Lipinski definition) is 1. The van der Waals surface area contributed by atoms with Gasteiger partial charge in [0.2, 0.25) is 0 Å². The highest BCUT2D eigenvalue weighted by Crippen LogP contribution is 2.34. The molecule has 0 heterocycles. The van der Waals surface area contributed by atoms with Crippen LogP contribution >= 0.6 is 22.6 Å². The Morgan fingerprint density at radius 3 is 2.40 bits per heavy atom. The zero-order chi connectivity index (χ0) is 21.5. The van der Waals surface area contributed by atoms with E-state index in [4.69, 9.17) is 14.2 Å². The Balaban J connectivity index is 1.81. The first kappa shape index (κ1) is 21.9. The number of fused-ring (bicyclic) bond motifs is 1. The number of methoxy groups -OCH3 is 1. The molecular weight excluding hydrogens is 495 g/mol. The fourth-order valence-electron chi connectivity index (χ4n) is 3.00. The van der Waals surface area contributed by atoms with Gasteiger partial charge in [-0.05, 0) is 77.0 Å². The molecule has 156 valence electrons. The first-order valence-electron chi connectivity index (χ1n) is 9.56.